The van der Waals surface area contributed by atoms with Crippen LogP contribution in [0.1, 0.15) is 38.3 Å². The van der Waals surface area contributed by atoms with Crippen LogP contribution in [0.25, 0.3) is 11.1 Å². The van der Waals surface area contributed by atoms with Gasteiger partial charge in [0.2, 0.25) is 11.8 Å². The Hall–Kier alpha value is -3.88. The van der Waals surface area contributed by atoms with Crippen molar-refractivity contribution in [3.63, 3.8) is 0 Å². The third-order valence-electron chi connectivity index (χ3n) is 4.64. The van der Waals surface area contributed by atoms with Crippen molar-refractivity contribution in [3.8, 4) is 11.1 Å². The number of hydrogen-bond acceptors (Lipinski definition) is 4. The Morgan fingerprint density at radius 1 is 0.818 bits per heavy atom. The Balaban J connectivity index is 1.86. The molecule has 9 nitrogen and oxygen atoms in total. The lowest BCUT2D eigenvalue weighted by molar-refractivity contribution is -0.138. The van der Waals surface area contributed by atoms with E-state index < -0.39 is 23.8 Å². The summed E-state index contributed by atoms with van der Waals surface area (Å²) in [5.74, 6) is -1.97. The zero-order chi connectivity index (χ0) is 24.2. The highest BCUT2D eigenvalue weighted by Crippen LogP contribution is 2.23. The SMILES string of the molecule is CC(C)NC(=O)NCCC(=O)NCC(=O)NC(CC(=O)O)c1ccc(-c2ccccc2)cc1. The molecule has 1 unspecified atom stereocenters. The van der Waals surface area contributed by atoms with Crippen molar-refractivity contribution in [2.45, 2.75) is 38.8 Å². The molecule has 2 aromatic carbocycles. The Kier molecular flexibility index (Phi) is 9.88. The van der Waals surface area contributed by atoms with E-state index in [1.54, 1.807) is 12.1 Å². The number of benzene rings is 2. The maximum Gasteiger partial charge on any atom is 0.315 e. The van der Waals surface area contributed by atoms with Gasteiger partial charge in [0, 0.05) is 19.0 Å². The molecule has 0 spiro atoms. The fraction of sp³-hybridized carbons (Fsp3) is 0.333. The van der Waals surface area contributed by atoms with Crippen molar-refractivity contribution < 1.29 is 24.3 Å². The van der Waals surface area contributed by atoms with Gasteiger partial charge >= 0.3 is 12.0 Å². The van der Waals surface area contributed by atoms with Crippen LogP contribution in [0, 0.1) is 0 Å². The summed E-state index contributed by atoms with van der Waals surface area (Å²) >= 11 is 0. The average Bonchev–Trinajstić information content (AvgIpc) is 2.77. The third kappa shape index (κ3) is 9.42. The minimum atomic E-state index is -1.05. The van der Waals surface area contributed by atoms with Gasteiger partial charge in [-0.1, -0.05) is 54.6 Å². The molecule has 2 rings (SSSR count). The molecular formula is C24H30N4O5. The Morgan fingerprint density at radius 2 is 1.45 bits per heavy atom. The highest BCUT2D eigenvalue weighted by molar-refractivity contribution is 5.85. The molecule has 1 atom stereocenters. The molecule has 33 heavy (non-hydrogen) atoms. The standard InChI is InChI=1S/C24H30N4O5/c1-16(2)27-24(33)25-13-12-21(29)26-15-22(30)28-20(14-23(31)32)19-10-8-18(9-11-19)17-6-4-3-5-7-17/h3-11,16,20H,12-15H2,1-2H3,(H,26,29)(H,28,30)(H,31,32)(H2,25,27,33). The molecule has 4 amide bonds. The zero-order valence-corrected chi connectivity index (χ0v) is 18.8. The largest absolute Gasteiger partial charge is 0.481 e. The van der Waals surface area contributed by atoms with Gasteiger partial charge in [0.25, 0.3) is 0 Å². The van der Waals surface area contributed by atoms with Gasteiger partial charge in [-0.3, -0.25) is 14.4 Å². The smallest absolute Gasteiger partial charge is 0.315 e. The summed E-state index contributed by atoms with van der Waals surface area (Å²) in [6.45, 7) is 3.47. The van der Waals surface area contributed by atoms with Gasteiger partial charge in [0.05, 0.1) is 19.0 Å². The van der Waals surface area contributed by atoms with Crippen molar-refractivity contribution in [3.05, 3.63) is 60.2 Å². The first-order chi connectivity index (χ1) is 15.7. The molecular weight excluding hydrogens is 424 g/mol. The molecule has 0 bridgehead atoms. The number of urea groups is 1. The molecule has 0 aliphatic rings. The van der Waals surface area contributed by atoms with Crippen LogP contribution in [0.2, 0.25) is 0 Å². The van der Waals surface area contributed by atoms with Crippen LogP contribution >= 0.6 is 0 Å². The summed E-state index contributed by atoms with van der Waals surface area (Å²) in [4.78, 5) is 47.0. The van der Waals surface area contributed by atoms with E-state index in [1.807, 2.05) is 56.3 Å². The van der Waals surface area contributed by atoms with E-state index in [9.17, 15) is 24.3 Å². The molecule has 0 saturated heterocycles. The number of carboxylic acids is 1. The van der Waals surface area contributed by atoms with E-state index in [0.717, 1.165) is 11.1 Å². The van der Waals surface area contributed by atoms with Crippen molar-refractivity contribution in [1.82, 2.24) is 21.3 Å². The summed E-state index contributed by atoms with van der Waals surface area (Å²) in [5.41, 5.74) is 2.65. The maximum absolute atomic E-state index is 12.3. The van der Waals surface area contributed by atoms with Gasteiger partial charge < -0.3 is 26.4 Å². The van der Waals surface area contributed by atoms with Crippen LogP contribution in [0.5, 0.6) is 0 Å². The van der Waals surface area contributed by atoms with E-state index in [2.05, 4.69) is 21.3 Å². The first kappa shape index (κ1) is 25.4. The van der Waals surface area contributed by atoms with Crippen LogP contribution in [0.3, 0.4) is 0 Å². The number of rotatable bonds is 11. The number of amides is 4. The molecule has 0 aliphatic carbocycles. The average molecular weight is 455 g/mol. The Bertz CT molecular complexity index is 945. The van der Waals surface area contributed by atoms with Crippen molar-refractivity contribution in [1.29, 1.82) is 0 Å². The van der Waals surface area contributed by atoms with Crippen LogP contribution in [-0.4, -0.2) is 48.1 Å². The maximum atomic E-state index is 12.3. The number of aliphatic carboxylic acids is 1. The second-order valence-electron chi connectivity index (χ2n) is 7.79. The number of carboxylic acid groups (broad SMARTS) is 1. The van der Waals surface area contributed by atoms with Gasteiger partial charge in [-0.05, 0) is 30.5 Å². The second kappa shape index (κ2) is 12.8. The van der Waals surface area contributed by atoms with Crippen LogP contribution in [0.4, 0.5) is 4.79 Å². The minimum absolute atomic E-state index is 0.0122. The third-order valence-corrected chi connectivity index (χ3v) is 4.64. The lowest BCUT2D eigenvalue weighted by Crippen LogP contribution is -2.42. The molecule has 0 radical (unpaired) electrons. The first-order valence-corrected chi connectivity index (χ1v) is 10.7. The topological polar surface area (TPSA) is 137 Å². The summed E-state index contributed by atoms with van der Waals surface area (Å²) in [7, 11) is 0. The molecule has 2 aromatic rings. The summed E-state index contributed by atoms with van der Waals surface area (Å²) in [6.07, 6.45) is -0.280. The lowest BCUT2D eigenvalue weighted by atomic mass is 9.99. The fourth-order valence-electron chi connectivity index (χ4n) is 3.08. The van der Waals surface area contributed by atoms with Crippen LogP contribution in [0.15, 0.2) is 54.6 Å². The second-order valence-corrected chi connectivity index (χ2v) is 7.79. The van der Waals surface area contributed by atoms with Gasteiger partial charge in [0.1, 0.15) is 0 Å². The highest BCUT2D eigenvalue weighted by Gasteiger charge is 2.18. The van der Waals surface area contributed by atoms with Gasteiger partial charge in [0.15, 0.2) is 0 Å². The summed E-state index contributed by atoms with van der Waals surface area (Å²) < 4.78 is 0. The Morgan fingerprint density at radius 3 is 2.06 bits per heavy atom. The van der Waals surface area contributed by atoms with Crippen LogP contribution < -0.4 is 21.3 Å². The molecule has 0 aliphatic heterocycles. The molecule has 0 saturated carbocycles. The van der Waals surface area contributed by atoms with Crippen molar-refractivity contribution >= 4 is 23.8 Å². The highest BCUT2D eigenvalue weighted by atomic mass is 16.4. The van der Waals surface area contributed by atoms with E-state index in [0.29, 0.717) is 5.56 Å². The quantitative estimate of drug-likeness (QED) is 0.355. The van der Waals surface area contributed by atoms with E-state index in [1.165, 1.54) is 0 Å². The van der Waals surface area contributed by atoms with Crippen molar-refractivity contribution in [2.75, 3.05) is 13.1 Å². The van der Waals surface area contributed by atoms with Gasteiger partial charge in [-0.2, -0.15) is 0 Å². The normalized spacial score (nSPS) is 11.4. The fourth-order valence-corrected chi connectivity index (χ4v) is 3.08. The van der Waals surface area contributed by atoms with Gasteiger partial charge in [-0.25, -0.2) is 4.79 Å². The summed E-state index contributed by atoms with van der Waals surface area (Å²) in [6, 6.07) is 15.9. The lowest BCUT2D eigenvalue weighted by Gasteiger charge is -2.18. The van der Waals surface area contributed by atoms with E-state index >= 15 is 0 Å². The first-order valence-electron chi connectivity index (χ1n) is 10.7. The Labute approximate surface area is 193 Å². The number of carbonyl (C=O) groups excluding carboxylic acids is 3. The number of hydrogen-bond donors (Lipinski definition) is 5. The molecule has 0 fully saturated rings. The van der Waals surface area contributed by atoms with E-state index in [-0.39, 0.29) is 38.0 Å². The molecule has 176 valence electrons. The molecule has 0 heterocycles. The van der Waals surface area contributed by atoms with E-state index in [4.69, 9.17) is 0 Å². The molecule has 5 N–H and O–H groups in total. The molecule has 0 aromatic heterocycles. The monoisotopic (exact) mass is 454 g/mol. The summed E-state index contributed by atoms with van der Waals surface area (Å²) in [5, 5.41) is 19.6. The minimum Gasteiger partial charge on any atom is -0.481 e. The zero-order valence-electron chi connectivity index (χ0n) is 18.8. The number of nitrogens with one attached hydrogen (secondary N) is 4. The van der Waals surface area contributed by atoms with Gasteiger partial charge in [-0.15, -0.1) is 0 Å². The van der Waals surface area contributed by atoms with Crippen LogP contribution in [-0.2, 0) is 14.4 Å². The van der Waals surface area contributed by atoms with Crippen molar-refractivity contribution in [2.24, 2.45) is 0 Å². The predicted molar refractivity (Wildman–Crippen MR) is 124 cm³/mol. The predicted octanol–water partition coefficient (Wildman–Crippen LogP) is 2.20. The number of carbonyl (C=O) groups is 4. The molecule has 9 heteroatoms.